The molecule has 5 heteroatoms. The van der Waals surface area contributed by atoms with Gasteiger partial charge in [-0.3, -0.25) is 5.32 Å². The SMILES string of the molecule is O=C(Nc1ccc2c(n1)CCC2)N1CC(O)CC1c1ccccc1. The van der Waals surface area contributed by atoms with E-state index in [-0.39, 0.29) is 12.1 Å². The van der Waals surface area contributed by atoms with E-state index >= 15 is 0 Å². The fourth-order valence-corrected chi connectivity index (χ4v) is 3.70. The third-order valence-corrected chi connectivity index (χ3v) is 4.89. The number of carbonyl (C=O) groups excluding carboxylic acids is 1. The minimum atomic E-state index is -0.492. The van der Waals surface area contributed by atoms with E-state index in [9.17, 15) is 9.90 Å². The number of nitrogens with zero attached hydrogens (tertiary/aromatic N) is 2. The van der Waals surface area contributed by atoms with Gasteiger partial charge in [0.15, 0.2) is 0 Å². The van der Waals surface area contributed by atoms with Crippen molar-refractivity contribution in [1.82, 2.24) is 9.88 Å². The van der Waals surface area contributed by atoms with Crippen molar-refractivity contribution in [3.05, 3.63) is 59.3 Å². The molecule has 1 aliphatic carbocycles. The number of hydrogen-bond donors (Lipinski definition) is 2. The van der Waals surface area contributed by atoms with Crippen molar-refractivity contribution in [2.45, 2.75) is 37.8 Å². The van der Waals surface area contributed by atoms with Crippen molar-refractivity contribution in [3.8, 4) is 0 Å². The Balaban J connectivity index is 1.52. The van der Waals surface area contributed by atoms with Crippen LogP contribution in [0, 0.1) is 0 Å². The number of anilines is 1. The quantitative estimate of drug-likeness (QED) is 0.893. The number of urea groups is 1. The second-order valence-electron chi connectivity index (χ2n) is 6.55. The highest BCUT2D eigenvalue weighted by atomic mass is 16.3. The first-order chi connectivity index (χ1) is 11.7. The van der Waals surface area contributed by atoms with E-state index in [0.29, 0.717) is 18.8 Å². The summed E-state index contributed by atoms with van der Waals surface area (Å²) in [6, 6.07) is 13.5. The molecule has 1 aromatic heterocycles. The average Bonchev–Trinajstić information content (AvgIpc) is 3.21. The van der Waals surface area contributed by atoms with Crippen LogP contribution in [0.2, 0.25) is 0 Å². The standard InChI is InChI=1S/C19H21N3O2/c23-15-11-17(14-5-2-1-3-6-14)22(12-15)19(24)21-18-10-9-13-7-4-8-16(13)20-18/h1-3,5-6,9-10,15,17,23H,4,7-8,11-12H2,(H,20,21,24). The molecule has 24 heavy (non-hydrogen) atoms. The molecule has 2 aliphatic rings. The number of carbonyl (C=O) groups is 1. The van der Waals surface area contributed by atoms with Crippen molar-refractivity contribution < 1.29 is 9.90 Å². The first kappa shape index (κ1) is 15.1. The molecular formula is C19H21N3O2. The largest absolute Gasteiger partial charge is 0.391 e. The summed E-state index contributed by atoms with van der Waals surface area (Å²) in [7, 11) is 0. The van der Waals surface area contributed by atoms with Crippen LogP contribution in [0.25, 0.3) is 0 Å². The Bertz CT molecular complexity index is 748. The van der Waals surface area contributed by atoms with Gasteiger partial charge in [-0.25, -0.2) is 9.78 Å². The molecule has 2 amide bonds. The highest BCUT2D eigenvalue weighted by molar-refractivity contribution is 5.89. The number of fused-ring (bicyclic) bond motifs is 1. The number of aromatic nitrogens is 1. The van der Waals surface area contributed by atoms with Gasteiger partial charge in [-0.2, -0.15) is 0 Å². The number of β-amino-alcohol motifs (C(OH)–C–C–N with tert-alkyl or cyclic N) is 1. The monoisotopic (exact) mass is 323 g/mol. The molecule has 2 heterocycles. The summed E-state index contributed by atoms with van der Waals surface area (Å²) in [4.78, 5) is 19.0. The minimum absolute atomic E-state index is 0.101. The van der Waals surface area contributed by atoms with Crippen LogP contribution >= 0.6 is 0 Å². The molecule has 5 nitrogen and oxygen atoms in total. The number of aryl methyl sites for hydroxylation is 2. The van der Waals surface area contributed by atoms with Crippen LogP contribution in [0.1, 0.15) is 35.7 Å². The summed E-state index contributed by atoms with van der Waals surface area (Å²) < 4.78 is 0. The lowest BCUT2D eigenvalue weighted by Gasteiger charge is -2.25. The first-order valence-electron chi connectivity index (χ1n) is 8.50. The number of hydrogen-bond acceptors (Lipinski definition) is 3. The third-order valence-electron chi connectivity index (χ3n) is 4.89. The highest BCUT2D eigenvalue weighted by Crippen LogP contribution is 2.32. The molecule has 1 fully saturated rings. The Morgan fingerprint density at radius 2 is 2.00 bits per heavy atom. The maximum absolute atomic E-state index is 12.7. The summed E-state index contributed by atoms with van der Waals surface area (Å²) in [6.45, 7) is 0.344. The van der Waals surface area contributed by atoms with Crippen LogP contribution in [-0.2, 0) is 12.8 Å². The van der Waals surface area contributed by atoms with Gasteiger partial charge >= 0.3 is 6.03 Å². The number of aliphatic hydroxyl groups excluding tert-OH is 1. The molecule has 2 unspecified atom stereocenters. The van der Waals surface area contributed by atoms with Gasteiger partial charge in [-0.15, -0.1) is 0 Å². The fraction of sp³-hybridized carbons (Fsp3) is 0.368. The number of amides is 2. The van der Waals surface area contributed by atoms with Gasteiger partial charge < -0.3 is 10.0 Å². The molecule has 1 saturated heterocycles. The molecule has 4 rings (SSSR count). The number of benzene rings is 1. The van der Waals surface area contributed by atoms with Gasteiger partial charge in [0.05, 0.1) is 12.1 Å². The van der Waals surface area contributed by atoms with Crippen LogP contribution in [0.4, 0.5) is 10.6 Å². The predicted molar refractivity (Wildman–Crippen MR) is 91.8 cm³/mol. The topological polar surface area (TPSA) is 65.5 Å². The summed E-state index contributed by atoms with van der Waals surface area (Å²) in [5.41, 5.74) is 3.42. The Labute approximate surface area is 141 Å². The molecule has 0 saturated carbocycles. The average molecular weight is 323 g/mol. The molecule has 0 bridgehead atoms. The van der Waals surface area contributed by atoms with Crippen molar-refractivity contribution in [2.24, 2.45) is 0 Å². The van der Waals surface area contributed by atoms with E-state index in [0.717, 1.165) is 30.5 Å². The van der Waals surface area contributed by atoms with Gasteiger partial charge in [0.1, 0.15) is 5.82 Å². The van der Waals surface area contributed by atoms with Crippen molar-refractivity contribution in [3.63, 3.8) is 0 Å². The summed E-state index contributed by atoms with van der Waals surface area (Å²) in [5, 5.41) is 12.9. The normalized spacial score (nSPS) is 22.5. The van der Waals surface area contributed by atoms with E-state index in [1.54, 1.807) is 4.90 Å². The van der Waals surface area contributed by atoms with Gasteiger partial charge in [0.2, 0.25) is 0 Å². The summed E-state index contributed by atoms with van der Waals surface area (Å²) in [6.07, 6.45) is 3.26. The van der Waals surface area contributed by atoms with E-state index in [4.69, 9.17) is 0 Å². The molecule has 0 radical (unpaired) electrons. The van der Waals surface area contributed by atoms with Gasteiger partial charge in [0, 0.05) is 12.2 Å². The van der Waals surface area contributed by atoms with Crippen molar-refractivity contribution in [1.29, 1.82) is 0 Å². The summed E-state index contributed by atoms with van der Waals surface area (Å²) in [5.74, 6) is 0.592. The van der Waals surface area contributed by atoms with Gasteiger partial charge in [0.25, 0.3) is 0 Å². The number of rotatable bonds is 2. The number of aliphatic hydroxyl groups is 1. The highest BCUT2D eigenvalue weighted by Gasteiger charge is 2.35. The zero-order valence-electron chi connectivity index (χ0n) is 13.5. The van der Waals surface area contributed by atoms with E-state index in [1.807, 2.05) is 36.4 Å². The third kappa shape index (κ3) is 2.87. The fourth-order valence-electron chi connectivity index (χ4n) is 3.70. The van der Waals surface area contributed by atoms with Crippen LogP contribution in [0.3, 0.4) is 0 Å². The maximum atomic E-state index is 12.7. The first-order valence-corrected chi connectivity index (χ1v) is 8.50. The molecule has 2 aromatic rings. The molecule has 0 spiro atoms. The predicted octanol–water partition coefficient (Wildman–Crippen LogP) is 2.91. The van der Waals surface area contributed by atoms with E-state index < -0.39 is 6.10 Å². The van der Waals surface area contributed by atoms with Crippen LogP contribution in [0.15, 0.2) is 42.5 Å². The zero-order valence-corrected chi connectivity index (χ0v) is 13.5. The Morgan fingerprint density at radius 3 is 2.83 bits per heavy atom. The van der Waals surface area contributed by atoms with Crippen LogP contribution in [-0.4, -0.2) is 33.7 Å². The number of nitrogens with one attached hydrogen (secondary N) is 1. The van der Waals surface area contributed by atoms with E-state index in [1.165, 1.54) is 5.56 Å². The number of likely N-dealkylation sites (tertiary alicyclic amines) is 1. The molecular weight excluding hydrogens is 302 g/mol. The summed E-state index contributed by atoms with van der Waals surface area (Å²) >= 11 is 0. The van der Waals surface area contributed by atoms with E-state index in [2.05, 4.69) is 16.4 Å². The Hall–Kier alpha value is -2.40. The van der Waals surface area contributed by atoms with Crippen molar-refractivity contribution in [2.75, 3.05) is 11.9 Å². The maximum Gasteiger partial charge on any atom is 0.323 e. The van der Waals surface area contributed by atoms with Gasteiger partial charge in [-0.05, 0) is 42.9 Å². The second-order valence-corrected chi connectivity index (χ2v) is 6.55. The minimum Gasteiger partial charge on any atom is -0.391 e. The van der Waals surface area contributed by atoms with Crippen LogP contribution in [0.5, 0.6) is 0 Å². The Kier molecular flexibility index (Phi) is 3.94. The number of pyridine rings is 1. The zero-order chi connectivity index (χ0) is 16.5. The van der Waals surface area contributed by atoms with Crippen molar-refractivity contribution >= 4 is 11.8 Å². The molecule has 1 aromatic carbocycles. The lowest BCUT2D eigenvalue weighted by Crippen LogP contribution is -2.35. The lowest BCUT2D eigenvalue weighted by molar-refractivity contribution is 0.175. The molecule has 1 aliphatic heterocycles. The smallest absolute Gasteiger partial charge is 0.323 e. The van der Waals surface area contributed by atoms with Gasteiger partial charge in [-0.1, -0.05) is 36.4 Å². The molecule has 2 N–H and O–H groups in total. The second kappa shape index (κ2) is 6.24. The molecule has 2 atom stereocenters. The lowest BCUT2D eigenvalue weighted by atomic mass is 10.0. The Morgan fingerprint density at radius 1 is 1.17 bits per heavy atom. The van der Waals surface area contributed by atoms with Crippen LogP contribution < -0.4 is 5.32 Å². The molecule has 124 valence electrons.